The second-order valence-corrected chi connectivity index (χ2v) is 9.70. The molecule has 1 atom stereocenters. The summed E-state index contributed by atoms with van der Waals surface area (Å²) in [5.74, 6) is 0.334. The molecule has 1 unspecified atom stereocenters. The van der Waals surface area contributed by atoms with E-state index in [2.05, 4.69) is 0 Å². The number of benzene rings is 2. The number of anilines is 1. The topological polar surface area (TPSA) is 85.4 Å². The van der Waals surface area contributed by atoms with Crippen LogP contribution in [0.2, 0.25) is 0 Å². The van der Waals surface area contributed by atoms with Crippen molar-refractivity contribution in [1.29, 1.82) is 0 Å². The van der Waals surface area contributed by atoms with Crippen LogP contribution in [0.5, 0.6) is 11.5 Å². The number of ether oxygens (including phenoxy) is 3. The highest BCUT2D eigenvalue weighted by atomic mass is 32.2. The predicted octanol–water partition coefficient (Wildman–Crippen LogP) is 4.23. The van der Waals surface area contributed by atoms with Gasteiger partial charge in [0.1, 0.15) is 0 Å². The summed E-state index contributed by atoms with van der Waals surface area (Å²) in [7, 11) is 4.85. The Balaban J connectivity index is 1.55. The van der Waals surface area contributed by atoms with E-state index in [1.165, 1.54) is 11.8 Å². The average Bonchev–Trinajstić information content (AvgIpc) is 2.91. The molecular formula is C27H30N2O6S. The summed E-state index contributed by atoms with van der Waals surface area (Å²) < 4.78 is 15.8. The lowest BCUT2D eigenvalue weighted by Crippen LogP contribution is -2.43. The molecule has 2 aliphatic heterocycles. The zero-order valence-electron chi connectivity index (χ0n) is 20.9. The molecule has 0 N–H and O–H groups in total. The Bertz CT molecular complexity index is 1210. The Morgan fingerprint density at radius 3 is 2.61 bits per heavy atom. The fraction of sp³-hybridized carbons (Fsp3) is 0.370. The highest BCUT2D eigenvalue weighted by Gasteiger charge is 2.32. The van der Waals surface area contributed by atoms with E-state index in [1.807, 2.05) is 24.3 Å². The molecule has 2 heterocycles. The number of piperidine rings is 1. The monoisotopic (exact) mass is 510 g/mol. The smallest absolute Gasteiger partial charge is 0.310 e. The average molecular weight is 511 g/mol. The van der Waals surface area contributed by atoms with Gasteiger partial charge in [0.2, 0.25) is 0 Å². The first-order valence-electron chi connectivity index (χ1n) is 11.9. The van der Waals surface area contributed by atoms with Crippen molar-refractivity contribution in [3.8, 4) is 11.5 Å². The van der Waals surface area contributed by atoms with Crippen molar-refractivity contribution < 1.29 is 28.6 Å². The van der Waals surface area contributed by atoms with Gasteiger partial charge in [0.05, 0.1) is 37.3 Å². The maximum absolute atomic E-state index is 13.2. The van der Waals surface area contributed by atoms with Crippen LogP contribution < -0.4 is 14.4 Å². The zero-order valence-corrected chi connectivity index (χ0v) is 21.7. The molecule has 9 heteroatoms. The Kier molecular flexibility index (Phi) is 7.88. The molecule has 2 aromatic carbocycles. The predicted molar refractivity (Wildman–Crippen MR) is 138 cm³/mol. The van der Waals surface area contributed by atoms with E-state index < -0.39 is 0 Å². The molecule has 0 aliphatic carbocycles. The number of carbonyl (C=O) groups is 3. The van der Waals surface area contributed by atoms with Crippen LogP contribution in [0, 0.1) is 5.92 Å². The molecule has 2 aromatic rings. The first kappa shape index (κ1) is 25.6. The third-order valence-corrected chi connectivity index (χ3v) is 7.41. The summed E-state index contributed by atoms with van der Waals surface area (Å²) in [4.78, 5) is 43.3. The van der Waals surface area contributed by atoms with Gasteiger partial charge < -0.3 is 24.0 Å². The van der Waals surface area contributed by atoms with E-state index in [9.17, 15) is 14.4 Å². The number of nitrogens with zero attached hydrogens (tertiary/aromatic N) is 2. The largest absolute Gasteiger partial charge is 0.493 e. The van der Waals surface area contributed by atoms with Crippen molar-refractivity contribution >= 4 is 41.3 Å². The molecule has 0 bridgehead atoms. The van der Waals surface area contributed by atoms with Crippen LogP contribution in [0.1, 0.15) is 35.7 Å². The molecular weight excluding hydrogens is 480 g/mol. The minimum atomic E-state index is -0.302. The third-order valence-electron chi connectivity index (χ3n) is 6.34. The van der Waals surface area contributed by atoms with Crippen LogP contribution in [0.15, 0.2) is 46.2 Å². The summed E-state index contributed by atoms with van der Waals surface area (Å²) in [5.41, 5.74) is 1.98. The number of likely N-dealkylation sites (tertiary alicyclic amines) is 1. The quantitative estimate of drug-likeness (QED) is 0.425. The molecule has 0 aromatic heterocycles. The number of esters is 1. The van der Waals surface area contributed by atoms with Gasteiger partial charge in [-0.2, -0.15) is 0 Å². The number of hydrogen-bond donors (Lipinski definition) is 0. The SMILES string of the molecule is CCOC(=O)C1CCCN(C(=O)c2ccc3c(c2)N(C)C(=O)/C(=C/c2ccc(OC)c(OC)c2)S3)C1. The van der Waals surface area contributed by atoms with Gasteiger partial charge in [-0.05, 0) is 61.7 Å². The van der Waals surface area contributed by atoms with Gasteiger partial charge in [0.15, 0.2) is 11.5 Å². The van der Waals surface area contributed by atoms with Crippen LogP contribution in [0.4, 0.5) is 5.69 Å². The van der Waals surface area contributed by atoms with Crippen molar-refractivity contribution in [2.24, 2.45) is 5.92 Å². The summed E-state index contributed by atoms with van der Waals surface area (Å²) in [6.07, 6.45) is 3.28. The number of fused-ring (bicyclic) bond motifs is 1. The summed E-state index contributed by atoms with van der Waals surface area (Å²) in [6.45, 7) is 3.04. The van der Waals surface area contributed by atoms with Crippen molar-refractivity contribution in [2.75, 3.05) is 45.9 Å². The number of likely N-dealkylation sites (N-methyl/N-ethyl adjacent to an activating group) is 1. The van der Waals surface area contributed by atoms with Gasteiger partial charge in [-0.15, -0.1) is 0 Å². The molecule has 1 fully saturated rings. The van der Waals surface area contributed by atoms with Gasteiger partial charge >= 0.3 is 5.97 Å². The Morgan fingerprint density at radius 2 is 1.89 bits per heavy atom. The highest BCUT2D eigenvalue weighted by molar-refractivity contribution is 8.04. The van der Waals surface area contributed by atoms with E-state index >= 15 is 0 Å². The molecule has 8 nitrogen and oxygen atoms in total. The number of carbonyl (C=O) groups excluding carboxylic acids is 3. The second-order valence-electron chi connectivity index (χ2n) is 8.61. The lowest BCUT2D eigenvalue weighted by atomic mass is 9.97. The molecule has 2 amide bonds. The number of amides is 2. The summed E-state index contributed by atoms with van der Waals surface area (Å²) >= 11 is 1.36. The Hall–Kier alpha value is -3.46. The molecule has 0 saturated carbocycles. The van der Waals surface area contributed by atoms with Crippen molar-refractivity contribution in [3.63, 3.8) is 0 Å². The lowest BCUT2D eigenvalue weighted by molar-refractivity contribution is -0.149. The van der Waals surface area contributed by atoms with Crippen molar-refractivity contribution in [2.45, 2.75) is 24.7 Å². The molecule has 2 aliphatic rings. The maximum Gasteiger partial charge on any atom is 0.310 e. The van der Waals surface area contributed by atoms with Crippen LogP contribution in [-0.2, 0) is 14.3 Å². The zero-order chi connectivity index (χ0) is 25.8. The van der Waals surface area contributed by atoms with Gasteiger partial charge in [-0.3, -0.25) is 14.4 Å². The number of hydrogen-bond acceptors (Lipinski definition) is 7. The van der Waals surface area contributed by atoms with Crippen molar-refractivity contribution in [3.05, 3.63) is 52.4 Å². The molecule has 190 valence electrons. The van der Waals surface area contributed by atoms with Gasteiger partial charge in [0, 0.05) is 30.6 Å². The highest BCUT2D eigenvalue weighted by Crippen LogP contribution is 2.42. The van der Waals surface area contributed by atoms with Crippen LogP contribution in [-0.4, -0.2) is 63.6 Å². The molecule has 1 saturated heterocycles. The summed E-state index contributed by atoms with van der Waals surface area (Å²) in [5, 5.41) is 0. The van der Waals surface area contributed by atoms with Gasteiger partial charge in [0.25, 0.3) is 11.8 Å². The third kappa shape index (κ3) is 5.21. The van der Waals surface area contributed by atoms with E-state index in [0.717, 1.165) is 23.3 Å². The number of thioether (sulfide) groups is 1. The van der Waals surface area contributed by atoms with Gasteiger partial charge in [-0.1, -0.05) is 17.8 Å². The normalized spacial score (nSPS) is 18.6. The van der Waals surface area contributed by atoms with E-state index in [0.29, 0.717) is 47.4 Å². The fourth-order valence-electron chi connectivity index (χ4n) is 4.42. The molecule has 36 heavy (non-hydrogen) atoms. The first-order valence-corrected chi connectivity index (χ1v) is 12.7. The molecule has 0 radical (unpaired) electrons. The van der Waals surface area contributed by atoms with E-state index in [4.69, 9.17) is 14.2 Å². The minimum absolute atomic E-state index is 0.149. The lowest BCUT2D eigenvalue weighted by Gasteiger charge is -2.32. The van der Waals surface area contributed by atoms with E-state index in [-0.39, 0.29) is 23.7 Å². The van der Waals surface area contributed by atoms with Crippen LogP contribution >= 0.6 is 11.8 Å². The number of rotatable bonds is 6. The first-order chi connectivity index (χ1) is 17.4. The maximum atomic E-state index is 13.2. The fourth-order valence-corrected chi connectivity index (χ4v) is 5.51. The van der Waals surface area contributed by atoms with Crippen molar-refractivity contribution in [1.82, 2.24) is 4.90 Å². The number of methoxy groups -OCH3 is 2. The summed E-state index contributed by atoms with van der Waals surface area (Å²) in [6, 6.07) is 10.9. The molecule has 4 rings (SSSR count). The standard InChI is InChI=1S/C27H30N2O6S/c1-5-35-27(32)19-7-6-12-29(16-19)25(30)18-9-11-23-20(15-18)28(2)26(31)24(36-23)14-17-8-10-21(33-3)22(13-17)34-4/h8-11,13-15,19H,5-7,12,16H2,1-4H3/b24-14-. The van der Waals surface area contributed by atoms with Crippen LogP contribution in [0.3, 0.4) is 0 Å². The van der Waals surface area contributed by atoms with Gasteiger partial charge in [-0.25, -0.2) is 0 Å². The Morgan fingerprint density at radius 1 is 1.11 bits per heavy atom. The molecule has 0 spiro atoms. The minimum Gasteiger partial charge on any atom is -0.493 e. The Labute approximate surface area is 215 Å². The second kappa shape index (κ2) is 11.1. The van der Waals surface area contributed by atoms with Crippen LogP contribution in [0.25, 0.3) is 6.08 Å². The van der Waals surface area contributed by atoms with E-state index in [1.54, 1.807) is 56.2 Å².